The molecule has 3 aromatic rings. The normalized spacial score (nSPS) is 10.3. The molecule has 0 aliphatic heterocycles. The van der Waals surface area contributed by atoms with Crippen molar-refractivity contribution < 1.29 is 9.47 Å². The van der Waals surface area contributed by atoms with E-state index in [1.807, 2.05) is 36.4 Å². The molecule has 0 amide bonds. The fourth-order valence-electron chi connectivity index (χ4n) is 2.14. The van der Waals surface area contributed by atoms with E-state index >= 15 is 0 Å². The zero-order valence-corrected chi connectivity index (χ0v) is 12.6. The minimum absolute atomic E-state index is 0.547. The monoisotopic (exact) mass is 296 g/mol. The van der Waals surface area contributed by atoms with Crippen molar-refractivity contribution in [1.82, 2.24) is 0 Å². The van der Waals surface area contributed by atoms with Crippen LogP contribution in [-0.2, 0) is 6.61 Å². The Labute approximate surface area is 128 Å². The van der Waals surface area contributed by atoms with Crippen LogP contribution in [0.15, 0.2) is 65.4 Å². The molecule has 3 rings (SSSR count). The van der Waals surface area contributed by atoms with Crippen molar-refractivity contribution in [1.29, 1.82) is 0 Å². The minimum atomic E-state index is 0.547. The predicted molar refractivity (Wildman–Crippen MR) is 87.1 cm³/mol. The summed E-state index contributed by atoms with van der Waals surface area (Å²) in [6.45, 7) is 0.547. The number of hydrogen-bond donors (Lipinski definition) is 0. The van der Waals surface area contributed by atoms with Crippen molar-refractivity contribution in [3.63, 3.8) is 0 Å². The first-order chi connectivity index (χ1) is 10.4. The van der Waals surface area contributed by atoms with Crippen LogP contribution >= 0.6 is 11.3 Å². The van der Waals surface area contributed by atoms with Crippen LogP contribution in [0.4, 0.5) is 0 Å². The largest absolute Gasteiger partial charge is 0.497 e. The van der Waals surface area contributed by atoms with E-state index in [2.05, 4.69) is 29.0 Å². The van der Waals surface area contributed by atoms with Crippen LogP contribution < -0.4 is 9.47 Å². The Bertz CT molecular complexity index is 691. The van der Waals surface area contributed by atoms with E-state index in [0.717, 1.165) is 22.6 Å². The van der Waals surface area contributed by atoms with Crippen LogP contribution in [-0.4, -0.2) is 7.11 Å². The van der Waals surface area contributed by atoms with Crippen LogP contribution in [0.5, 0.6) is 11.5 Å². The van der Waals surface area contributed by atoms with Crippen LogP contribution in [0, 0.1) is 0 Å². The molecule has 0 saturated heterocycles. The molecule has 0 atom stereocenters. The fourth-order valence-corrected chi connectivity index (χ4v) is 2.80. The first-order valence-corrected chi connectivity index (χ1v) is 7.68. The van der Waals surface area contributed by atoms with Crippen molar-refractivity contribution >= 4 is 11.3 Å². The lowest BCUT2D eigenvalue weighted by Gasteiger charge is -2.12. The van der Waals surface area contributed by atoms with Crippen LogP contribution in [0.2, 0.25) is 0 Å². The topological polar surface area (TPSA) is 18.5 Å². The maximum absolute atomic E-state index is 6.01. The number of methoxy groups -OCH3 is 1. The number of benzene rings is 2. The average molecular weight is 296 g/mol. The summed E-state index contributed by atoms with van der Waals surface area (Å²) in [4.78, 5) is 0. The Balaban J connectivity index is 1.88. The molecule has 2 aromatic carbocycles. The summed E-state index contributed by atoms with van der Waals surface area (Å²) in [6.07, 6.45) is 0. The molecule has 0 saturated carbocycles. The maximum Gasteiger partial charge on any atom is 0.131 e. The van der Waals surface area contributed by atoms with E-state index < -0.39 is 0 Å². The van der Waals surface area contributed by atoms with Gasteiger partial charge in [0.05, 0.1) is 7.11 Å². The highest BCUT2D eigenvalue weighted by atomic mass is 32.1. The molecule has 0 bridgehead atoms. The predicted octanol–water partition coefficient (Wildman–Crippen LogP) is 5.00. The van der Waals surface area contributed by atoms with Gasteiger partial charge in [-0.3, -0.25) is 0 Å². The van der Waals surface area contributed by atoms with Gasteiger partial charge in [-0.15, -0.1) is 0 Å². The maximum atomic E-state index is 6.01. The van der Waals surface area contributed by atoms with Crippen molar-refractivity contribution in [3.8, 4) is 22.6 Å². The summed E-state index contributed by atoms with van der Waals surface area (Å²) in [5, 5.41) is 4.19. The lowest BCUT2D eigenvalue weighted by molar-refractivity contribution is 0.305. The molecule has 0 N–H and O–H groups in total. The molecular formula is C18H16O2S. The lowest BCUT2D eigenvalue weighted by atomic mass is 10.1. The second-order valence-electron chi connectivity index (χ2n) is 4.65. The number of thiophene rings is 1. The van der Waals surface area contributed by atoms with E-state index in [1.165, 1.54) is 5.56 Å². The van der Waals surface area contributed by atoms with Gasteiger partial charge in [0, 0.05) is 11.6 Å². The third-order valence-electron chi connectivity index (χ3n) is 3.26. The van der Waals surface area contributed by atoms with Gasteiger partial charge in [-0.25, -0.2) is 0 Å². The fraction of sp³-hybridized carbons (Fsp3) is 0.111. The first kappa shape index (κ1) is 13.7. The molecule has 0 radical (unpaired) electrons. The standard InChI is InChI=1S/C18H16O2S/c1-19-16-7-8-17(15-9-10-21-13-15)18(11-16)20-12-14-5-3-2-4-6-14/h2-11,13H,12H2,1H3. The summed E-state index contributed by atoms with van der Waals surface area (Å²) in [7, 11) is 1.67. The molecule has 1 aromatic heterocycles. The highest BCUT2D eigenvalue weighted by molar-refractivity contribution is 7.08. The lowest BCUT2D eigenvalue weighted by Crippen LogP contribution is -1.97. The molecule has 106 valence electrons. The zero-order valence-electron chi connectivity index (χ0n) is 11.8. The van der Waals surface area contributed by atoms with Crippen molar-refractivity contribution in [2.45, 2.75) is 6.61 Å². The van der Waals surface area contributed by atoms with E-state index in [-0.39, 0.29) is 0 Å². The molecule has 0 spiro atoms. The number of rotatable bonds is 5. The molecule has 21 heavy (non-hydrogen) atoms. The number of hydrogen-bond acceptors (Lipinski definition) is 3. The summed E-state index contributed by atoms with van der Waals surface area (Å²) >= 11 is 1.68. The second kappa shape index (κ2) is 6.46. The molecule has 2 nitrogen and oxygen atoms in total. The van der Waals surface area contributed by atoms with Crippen LogP contribution in [0.3, 0.4) is 0 Å². The summed E-state index contributed by atoms with van der Waals surface area (Å²) in [5.41, 5.74) is 3.41. The van der Waals surface area contributed by atoms with E-state index in [9.17, 15) is 0 Å². The zero-order chi connectivity index (χ0) is 14.5. The molecule has 0 aliphatic rings. The smallest absolute Gasteiger partial charge is 0.131 e. The van der Waals surface area contributed by atoms with Crippen LogP contribution in [0.25, 0.3) is 11.1 Å². The Morgan fingerprint density at radius 3 is 2.57 bits per heavy atom. The molecule has 0 fully saturated rings. The van der Waals surface area contributed by atoms with Crippen LogP contribution in [0.1, 0.15) is 5.56 Å². The van der Waals surface area contributed by atoms with E-state index in [0.29, 0.717) is 6.61 Å². The second-order valence-corrected chi connectivity index (χ2v) is 5.43. The molecule has 3 heteroatoms. The highest BCUT2D eigenvalue weighted by Crippen LogP contribution is 2.35. The van der Waals surface area contributed by atoms with Crippen molar-refractivity contribution in [2.75, 3.05) is 7.11 Å². The number of ether oxygens (including phenoxy) is 2. The van der Waals surface area contributed by atoms with Gasteiger partial charge in [-0.05, 0) is 40.1 Å². The van der Waals surface area contributed by atoms with Gasteiger partial charge in [-0.2, -0.15) is 11.3 Å². The van der Waals surface area contributed by atoms with E-state index in [4.69, 9.17) is 9.47 Å². The third kappa shape index (κ3) is 3.26. The molecule has 1 heterocycles. The first-order valence-electron chi connectivity index (χ1n) is 6.74. The van der Waals surface area contributed by atoms with E-state index in [1.54, 1.807) is 18.4 Å². The van der Waals surface area contributed by atoms with Gasteiger partial charge in [0.2, 0.25) is 0 Å². The molecule has 0 aliphatic carbocycles. The quantitative estimate of drug-likeness (QED) is 0.659. The van der Waals surface area contributed by atoms with Gasteiger partial charge in [0.15, 0.2) is 0 Å². The summed E-state index contributed by atoms with van der Waals surface area (Å²) in [6, 6.07) is 18.2. The van der Waals surface area contributed by atoms with Gasteiger partial charge < -0.3 is 9.47 Å². The highest BCUT2D eigenvalue weighted by Gasteiger charge is 2.09. The Morgan fingerprint density at radius 1 is 1.00 bits per heavy atom. The van der Waals surface area contributed by atoms with Crippen molar-refractivity contribution in [2.24, 2.45) is 0 Å². The minimum Gasteiger partial charge on any atom is -0.497 e. The summed E-state index contributed by atoms with van der Waals surface area (Å²) in [5.74, 6) is 1.65. The van der Waals surface area contributed by atoms with Gasteiger partial charge in [0.25, 0.3) is 0 Å². The van der Waals surface area contributed by atoms with Gasteiger partial charge in [0.1, 0.15) is 18.1 Å². The summed E-state index contributed by atoms with van der Waals surface area (Å²) < 4.78 is 11.3. The van der Waals surface area contributed by atoms with Gasteiger partial charge in [-0.1, -0.05) is 30.3 Å². The molecular weight excluding hydrogens is 280 g/mol. The average Bonchev–Trinajstić information content (AvgIpc) is 3.08. The Hall–Kier alpha value is -2.26. The molecule has 0 unspecified atom stereocenters. The van der Waals surface area contributed by atoms with Gasteiger partial charge >= 0.3 is 0 Å². The Kier molecular flexibility index (Phi) is 4.22. The van der Waals surface area contributed by atoms with Crippen molar-refractivity contribution in [3.05, 3.63) is 70.9 Å². The third-order valence-corrected chi connectivity index (χ3v) is 3.94. The SMILES string of the molecule is COc1ccc(-c2ccsc2)c(OCc2ccccc2)c1. The Morgan fingerprint density at radius 2 is 1.86 bits per heavy atom.